The minimum Gasteiger partial charge on any atom is -0.244 e. The van der Waals surface area contributed by atoms with Gasteiger partial charge in [0.05, 0.1) is 0 Å². The van der Waals surface area contributed by atoms with Gasteiger partial charge in [-0.05, 0) is 30.9 Å². The maximum absolute atomic E-state index is 12.3. The fourth-order valence-corrected chi connectivity index (χ4v) is 3.86. The number of nitriles is 1. The summed E-state index contributed by atoms with van der Waals surface area (Å²) in [6.07, 6.45) is 6.56. The predicted octanol–water partition coefficient (Wildman–Crippen LogP) is 2.20. The van der Waals surface area contributed by atoms with Crippen molar-refractivity contribution in [1.29, 1.82) is 5.26 Å². The lowest BCUT2D eigenvalue weighted by Gasteiger charge is -2.22. The Morgan fingerprint density at radius 1 is 1.30 bits per heavy atom. The monoisotopic (exact) mass is 293 g/mol. The molecule has 0 aromatic carbocycles. The van der Waals surface area contributed by atoms with Crippen molar-refractivity contribution in [2.45, 2.75) is 50.0 Å². The second kappa shape index (κ2) is 6.33. The maximum Gasteiger partial charge on any atom is 0.242 e. The van der Waals surface area contributed by atoms with Crippen molar-refractivity contribution in [1.82, 2.24) is 9.71 Å². The van der Waals surface area contributed by atoms with E-state index in [9.17, 15) is 8.42 Å². The highest BCUT2D eigenvalue weighted by Crippen LogP contribution is 2.24. The molecule has 1 saturated carbocycles. The lowest BCUT2D eigenvalue weighted by molar-refractivity contribution is 0.399. The third kappa shape index (κ3) is 3.56. The molecule has 0 aliphatic heterocycles. The smallest absolute Gasteiger partial charge is 0.242 e. The number of aromatic nitrogens is 1. The summed E-state index contributed by atoms with van der Waals surface area (Å²) in [6.45, 7) is 2.09. The Kier molecular flexibility index (Phi) is 4.73. The number of sulfonamides is 1. The van der Waals surface area contributed by atoms with Gasteiger partial charge in [0, 0.05) is 12.2 Å². The van der Waals surface area contributed by atoms with Crippen LogP contribution in [0, 0.1) is 17.2 Å². The van der Waals surface area contributed by atoms with Crippen molar-refractivity contribution >= 4 is 10.0 Å². The molecular weight excluding hydrogens is 274 g/mol. The molecule has 1 fully saturated rings. The van der Waals surface area contributed by atoms with E-state index in [0.29, 0.717) is 5.92 Å². The molecule has 108 valence electrons. The summed E-state index contributed by atoms with van der Waals surface area (Å²) < 4.78 is 27.4. The second-order valence-corrected chi connectivity index (χ2v) is 7.05. The van der Waals surface area contributed by atoms with Crippen LogP contribution < -0.4 is 4.72 Å². The molecule has 1 aromatic rings. The molecular formula is C14H19N3O2S. The van der Waals surface area contributed by atoms with Gasteiger partial charge in [0.25, 0.3) is 0 Å². The van der Waals surface area contributed by atoms with E-state index in [1.54, 1.807) is 0 Å². The number of pyridine rings is 1. The zero-order chi connectivity index (χ0) is 14.6. The van der Waals surface area contributed by atoms with Crippen LogP contribution in [0.4, 0.5) is 0 Å². The van der Waals surface area contributed by atoms with E-state index in [1.165, 1.54) is 24.8 Å². The van der Waals surface area contributed by atoms with Crippen LogP contribution in [0.15, 0.2) is 23.2 Å². The Bertz CT molecular complexity index is 590. The van der Waals surface area contributed by atoms with E-state index < -0.39 is 10.0 Å². The number of nitrogens with zero attached hydrogens (tertiary/aromatic N) is 2. The standard InChI is InChI=1S/C14H19N3O2S/c1-11-5-3-2-4-6-14(11)17-20(18,19)13-8-7-12(9-15)16-10-13/h7-8,10-11,14,17H,2-6H2,1H3. The Morgan fingerprint density at radius 3 is 2.70 bits per heavy atom. The van der Waals surface area contributed by atoms with Crippen molar-refractivity contribution < 1.29 is 8.42 Å². The third-order valence-corrected chi connectivity index (χ3v) is 5.30. The molecule has 6 heteroatoms. The highest BCUT2D eigenvalue weighted by atomic mass is 32.2. The van der Waals surface area contributed by atoms with Crippen LogP contribution in [0.5, 0.6) is 0 Å². The summed E-state index contributed by atoms with van der Waals surface area (Å²) in [5.41, 5.74) is 0.215. The van der Waals surface area contributed by atoms with Gasteiger partial charge < -0.3 is 0 Å². The van der Waals surface area contributed by atoms with E-state index in [0.717, 1.165) is 25.7 Å². The van der Waals surface area contributed by atoms with Gasteiger partial charge in [-0.2, -0.15) is 5.26 Å². The molecule has 1 aliphatic rings. The summed E-state index contributed by atoms with van der Waals surface area (Å²) in [5.74, 6) is 0.346. The molecule has 20 heavy (non-hydrogen) atoms. The van der Waals surface area contributed by atoms with E-state index in [2.05, 4.69) is 16.6 Å². The Morgan fingerprint density at radius 2 is 2.05 bits per heavy atom. The van der Waals surface area contributed by atoms with Gasteiger partial charge in [-0.15, -0.1) is 0 Å². The van der Waals surface area contributed by atoms with Crippen molar-refractivity contribution in [3.8, 4) is 6.07 Å². The lowest BCUT2D eigenvalue weighted by Crippen LogP contribution is -2.38. The molecule has 2 atom stereocenters. The van der Waals surface area contributed by atoms with Crippen LogP contribution in [0.3, 0.4) is 0 Å². The van der Waals surface area contributed by atoms with Crippen LogP contribution in [-0.2, 0) is 10.0 Å². The zero-order valence-electron chi connectivity index (χ0n) is 11.5. The molecule has 0 saturated heterocycles. The van der Waals surface area contributed by atoms with Crippen LogP contribution in [0.1, 0.15) is 44.7 Å². The highest BCUT2D eigenvalue weighted by Gasteiger charge is 2.25. The Labute approximate surface area is 120 Å². The number of hydrogen-bond acceptors (Lipinski definition) is 4. The fourth-order valence-electron chi connectivity index (χ4n) is 2.54. The summed E-state index contributed by atoms with van der Waals surface area (Å²) in [6, 6.07) is 4.71. The highest BCUT2D eigenvalue weighted by molar-refractivity contribution is 7.89. The fraction of sp³-hybridized carbons (Fsp3) is 0.571. The van der Waals surface area contributed by atoms with Crippen molar-refractivity contribution in [3.05, 3.63) is 24.0 Å². The van der Waals surface area contributed by atoms with Crippen LogP contribution in [0.2, 0.25) is 0 Å². The van der Waals surface area contributed by atoms with Gasteiger partial charge in [0.1, 0.15) is 16.7 Å². The summed E-state index contributed by atoms with van der Waals surface area (Å²) in [7, 11) is -3.56. The SMILES string of the molecule is CC1CCCCCC1NS(=O)(=O)c1ccc(C#N)nc1. The van der Waals surface area contributed by atoms with E-state index in [-0.39, 0.29) is 16.6 Å². The minimum atomic E-state index is -3.56. The first-order chi connectivity index (χ1) is 9.53. The molecule has 1 aliphatic carbocycles. The largest absolute Gasteiger partial charge is 0.244 e. The van der Waals surface area contributed by atoms with Crippen LogP contribution >= 0.6 is 0 Å². The number of hydrogen-bond donors (Lipinski definition) is 1. The Balaban J connectivity index is 2.15. The van der Waals surface area contributed by atoms with E-state index >= 15 is 0 Å². The Hall–Kier alpha value is -1.45. The van der Waals surface area contributed by atoms with Gasteiger partial charge >= 0.3 is 0 Å². The normalized spacial score (nSPS) is 23.8. The molecule has 0 spiro atoms. The van der Waals surface area contributed by atoms with Gasteiger partial charge in [0.2, 0.25) is 10.0 Å². The van der Waals surface area contributed by atoms with Gasteiger partial charge in [-0.3, -0.25) is 0 Å². The molecule has 2 unspecified atom stereocenters. The zero-order valence-corrected chi connectivity index (χ0v) is 12.4. The predicted molar refractivity (Wildman–Crippen MR) is 75.3 cm³/mol. The third-order valence-electron chi connectivity index (χ3n) is 3.83. The van der Waals surface area contributed by atoms with Crippen molar-refractivity contribution in [2.75, 3.05) is 0 Å². The summed E-state index contributed by atoms with van der Waals surface area (Å²) >= 11 is 0. The first kappa shape index (κ1) is 14.9. The van der Waals surface area contributed by atoms with Crippen molar-refractivity contribution in [3.63, 3.8) is 0 Å². The van der Waals surface area contributed by atoms with Gasteiger partial charge in [-0.25, -0.2) is 18.1 Å². The van der Waals surface area contributed by atoms with Gasteiger partial charge in [-0.1, -0.05) is 26.2 Å². The average Bonchev–Trinajstić information content (AvgIpc) is 2.64. The molecule has 0 radical (unpaired) electrons. The van der Waals surface area contributed by atoms with Gasteiger partial charge in [0.15, 0.2) is 0 Å². The van der Waals surface area contributed by atoms with Crippen molar-refractivity contribution in [2.24, 2.45) is 5.92 Å². The quantitative estimate of drug-likeness (QED) is 0.866. The molecule has 1 aromatic heterocycles. The van der Waals surface area contributed by atoms with Crippen LogP contribution in [-0.4, -0.2) is 19.4 Å². The average molecular weight is 293 g/mol. The molecule has 5 nitrogen and oxygen atoms in total. The lowest BCUT2D eigenvalue weighted by atomic mass is 9.98. The summed E-state index contributed by atoms with van der Waals surface area (Å²) in [5, 5.41) is 8.68. The van der Waals surface area contributed by atoms with E-state index in [4.69, 9.17) is 5.26 Å². The van der Waals surface area contributed by atoms with E-state index in [1.807, 2.05) is 6.07 Å². The number of rotatable bonds is 3. The first-order valence-electron chi connectivity index (χ1n) is 6.91. The number of nitrogens with one attached hydrogen (secondary N) is 1. The molecule has 2 rings (SSSR count). The molecule has 1 heterocycles. The minimum absolute atomic E-state index is 0.0156. The molecule has 0 amide bonds. The maximum atomic E-state index is 12.3. The molecule has 0 bridgehead atoms. The molecule has 1 N–H and O–H groups in total. The second-order valence-electron chi connectivity index (χ2n) is 5.33. The summed E-state index contributed by atoms with van der Waals surface area (Å²) in [4.78, 5) is 3.93. The first-order valence-corrected chi connectivity index (χ1v) is 8.40. The van der Waals surface area contributed by atoms with Crippen LogP contribution in [0.25, 0.3) is 0 Å². The topological polar surface area (TPSA) is 82.9 Å².